The van der Waals surface area contributed by atoms with Crippen LogP contribution in [-0.4, -0.2) is 39.9 Å². The van der Waals surface area contributed by atoms with E-state index < -0.39 is 29.1 Å². The summed E-state index contributed by atoms with van der Waals surface area (Å²) in [6.45, 7) is 0. The molecule has 1 heterocycles. The molecule has 1 aromatic rings. The molecule has 9 heteroatoms. The molecule has 1 fully saturated rings. The van der Waals surface area contributed by atoms with Crippen molar-refractivity contribution in [2.75, 3.05) is 10.7 Å². The van der Waals surface area contributed by atoms with Crippen LogP contribution >= 0.6 is 35.0 Å². The second kappa shape index (κ2) is 6.87. The Morgan fingerprint density at radius 3 is 2.73 bits per heavy atom. The number of carbonyl (C=O) groups excluding carboxylic acids is 2. The molecule has 1 saturated heterocycles. The minimum atomic E-state index is -1.15. The number of aliphatic carboxylic acids is 1. The van der Waals surface area contributed by atoms with Gasteiger partial charge in [0, 0.05) is 17.2 Å². The lowest BCUT2D eigenvalue weighted by Gasteiger charge is -2.16. The number of halogens is 2. The fraction of sp³-hybridized carbons (Fsp3) is 0.308. The van der Waals surface area contributed by atoms with E-state index in [4.69, 9.17) is 34.0 Å². The van der Waals surface area contributed by atoms with Crippen LogP contribution in [0.1, 0.15) is 6.42 Å². The van der Waals surface area contributed by atoms with Gasteiger partial charge in [-0.2, -0.15) is 0 Å². The summed E-state index contributed by atoms with van der Waals surface area (Å²) in [4.78, 5) is 36.1. The fourth-order valence-corrected chi connectivity index (χ4v) is 3.52. The molecule has 2 amide bonds. The van der Waals surface area contributed by atoms with Crippen LogP contribution in [0, 0.1) is 0 Å². The summed E-state index contributed by atoms with van der Waals surface area (Å²) in [6.07, 6.45) is -0.0191. The summed E-state index contributed by atoms with van der Waals surface area (Å²) in [6, 6.07) is 3.39. The fourth-order valence-electron chi connectivity index (χ4n) is 1.94. The molecule has 2 rings (SSSR count). The summed E-state index contributed by atoms with van der Waals surface area (Å²) in [5, 5.41) is 8.66. The molecule has 6 nitrogen and oxygen atoms in total. The Labute approximate surface area is 140 Å². The molecule has 0 spiro atoms. The third-order valence-corrected chi connectivity index (χ3v) is 4.91. The topological polar surface area (TPSA) is 101 Å². The lowest BCUT2D eigenvalue weighted by atomic mass is 10.3. The minimum absolute atomic E-state index is 0.0191. The molecule has 22 heavy (non-hydrogen) atoms. The first kappa shape index (κ1) is 17.1. The van der Waals surface area contributed by atoms with Crippen molar-refractivity contribution in [2.45, 2.75) is 17.7 Å². The molecule has 1 aliphatic rings. The zero-order valence-electron chi connectivity index (χ0n) is 11.2. The largest absolute Gasteiger partial charge is 0.480 e. The predicted molar refractivity (Wildman–Crippen MR) is 85.4 cm³/mol. The van der Waals surface area contributed by atoms with Gasteiger partial charge in [-0.05, 0) is 18.2 Å². The first-order chi connectivity index (χ1) is 10.3. The van der Waals surface area contributed by atoms with E-state index in [0.29, 0.717) is 5.02 Å². The molecule has 0 aromatic heterocycles. The number of rotatable bonds is 5. The van der Waals surface area contributed by atoms with Gasteiger partial charge in [0.2, 0.25) is 11.8 Å². The maximum Gasteiger partial charge on any atom is 0.321 e. The van der Waals surface area contributed by atoms with Crippen molar-refractivity contribution in [1.29, 1.82) is 0 Å². The van der Waals surface area contributed by atoms with Crippen LogP contribution < -0.4 is 10.6 Å². The van der Waals surface area contributed by atoms with E-state index >= 15 is 0 Å². The maximum absolute atomic E-state index is 12.3. The molecular weight excluding hydrogens is 351 g/mol. The number of benzene rings is 1. The Balaban J connectivity index is 2.13. The molecule has 0 aliphatic carbocycles. The number of thioether (sulfide) groups is 1. The van der Waals surface area contributed by atoms with Crippen LogP contribution in [0.4, 0.5) is 5.69 Å². The highest BCUT2D eigenvalue weighted by Gasteiger charge is 2.40. The lowest BCUT2D eigenvalue weighted by molar-refractivity contribution is -0.138. The highest BCUT2D eigenvalue weighted by Crippen LogP contribution is 2.35. The molecule has 0 unspecified atom stereocenters. The second-order valence-corrected chi connectivity index (χ2v) is 6.71. The van der Waals surface area contributed by atoms with Gasteiger partial charge in [0.15, 0.2) is 0 Å². The standard InChI is InChI=1S/C13H12Cl2N2O4S/c14-6-1-2-9(7(15)3-6)17-11(18)4-10(12(17)19)22-5-8(16)13(20)21/h1-3,8,10H,4-5,16H2,(H,20,21)/t8-,10+/m1/s1. The molecule has 118 valence electrons. The average Bonchev–Trinajstić information content (AvgIpc) is 2.71. The number of anilines is 1. The van der Waals surface area contributed by atoms with Gasteiger partial charge in [-0.3, -0.25) is 14.4 Å². The van der Waals surface area contributed by atoms with Crippen LogP contribution in [-0.2, 0) is 14.4 Å². The summed E-state index contributed by atoms with van der Waals surface area (Å²) < 4.78 is 0. The van der Waals surface area contributed by atoms with Gasteiger partial charge in [0.1, 0.15) is 6.04 Å². The predicted octanol–water partition coefficient (Wildman–Crippen LogP) is 1.77. The number of carboxylic acids is 1. The molecule has 2 atom stereocenters. The summed E-state index contributed by atoms with van der Waals surface area (Å²) >= 11 is 12.9. The molecule has 0 saturated carbocycles. The monoisotopic (exact) mass is 362 g/mol. The smallest absolute Gasteiger partial charge is 0.321 e. The van der Waals surface area contributed by atoms with Crippen molar-refractivity contribution in [3.8, 4) is 0 Å². The second-order valence-electron chi connectivity index (χ2n) is 4.63. The van der Waals surface area contributed by atoms with E-state index in [1.54, 1.807) is 0 Å². The van der Waals surface area contributed by atoms with Crippen LogP contribution in [0.25, 0.3) is 0 Å². The van der Waals surface area contributed by atoms with E-state index in [9.17, 15) is 14.4 Å². The van der Waals surface area contributed by atoms with E-state index in [0.717, 1.165) is 16.7 Å². The molecule has 3 N–H and O–H groups in total. The van der Waals surface area contributed by atoms with Crippen molar-refractivity contribution in [3.63, 3.8) is 0 Å². The number of carbonyl (C=O) groups is 3. The Hall–Kier alpha value is -1.28. The quantitative estimate of drug-likeness (QED) is 0.774. The van der Waals surface area contributed by atoms with E-state index in [1.165, 1.54) is 18.2 Å². The minimum Gasteiger partial charge on any atom is -0.480 e. The third kappa shape index (κ3) is 3.55. The van der Waals surface area contributed by atoms with Gasteiger partial charge in [-0.25, -0.2) is 4.90 Å². The van der Waals surface area contributed by atoms with Gasteiger partial charge >= 0.3 is 5.97 Å². The highest BCUT2D eigenvalue weighted by atomic mass is 35.5. The Kier molecular flexibility index (Phi) is 5.33. The van der Waals surface area contributed by atoms with Crippen LogP contribution in [0.3, 0.4) is 0 Å². The number of imide groups is 1. The number of nitrogens with two attached hydrogens (primary N) is 1. The zero-order valence-corrected chi connectivity index (χ0v) is 13.5. The molecular formula is C13H12Cl2N2O4S. The van der Waals surface area contributed by atoms with Gasteiger partial charge in [0.05, 0.1) is 16.0 Å². The SMILES string of the molecule is N[C@H](CS[C@H]1CC(=O)N(c2ccc(Cl)cc2Cl)C1=O)C(=O)O. The lowest BCUT2D eigenvalue weighted by Crippen LogP contribution is -2.35. The zero-order chi connectivity index (χ0) is 16.4. The first-order valence-electron chi connectivity index (χ1n) is 6.23. The van der Waals surface area contributed by atoms with Crippen LogP contribution in [0.15, 0.2) is 18.2 Å². The van der Waals surface area contributed by atoms with Crippen molar-refractivity contribution in [1.82, 2.24) is 0 Å². The Bertz CT molecular complexity index is 640. The van der Waals surface area contributed by atoms with Crippen molar-refractivity contribution in [3.05, 3.63) is 28.2 Å². The summed E-state index contributed by atoms with van der Waals surface area (Å²) in [7, 11) is 0. The summed E-state index contributed by atoms with van der Waals surface area (Å²) in [5.41, 5.74) is 5.67. The first-order valence-corrected chi connectivity index (χ1v) is 8.03. The van der Waals surface area contributed by atoms with E-state index in [-0.39, 0.29) is 22.9 Å². The molecule has 1 aromatic carbocycles. The van der Waals surface area contributed by atoms with Gasteiger partial charge in [0.25, 0.3) is 0 Å². The van der Waals surface area contributed by atoms with Crippen molar-refractivity contribution in [2.24, 2.45) is 5.73 Å². The van der Waals surface area contributed by atoms with Crippen LogP contribution in [0.2, 0.25) is 10.0 Å². The van der Waals surface area contributed by atoms with Crippen molar-refractivity contribution >= 4 is 58.4 Å². The number of nitrogens with zero attached hydrogens (tertiary/aromatic N) is 1. The van der Waals surface area contributed by atoms with E-state index in [2.05, 4.69) is 0 Å². The highest BCUT2D eigenvalue weighted by molar-refractivity contribution is 8.00. The molecule has 0 bridgehead atoms. The number of amides is 2. The Morgan fingerprint density at radius 1 is 1.45 bits per heavy atom. The normalized spacial score (nSPS) is 19.6. The molecule has 0 radical (unpaired) electrons. The van der Waals surface area contributed by atoms with Gasteiger partial charge < -0.3 is 10.8 Å². The average molecular weight is 363 g/mol. The molecule has 1 aliphatic heterocycles. The van der Waals surface area contributed by atoms with Crippen molar-refractivity contribution < 1.29 is 19.5 Å². The third-order valence-electron chi connectivity index (χ3n) is 3.05. The number of hydrogen-bond acceptors (Lipinski definition) is 5. The maximum atomic E-state index is 12.3. The Morgan fingerprint density at radius 2 is 2.14 bits per heavy atom. The number of carboxylic acid groups (broad SMARTS) is 1. The van der Waals surface area contributed by atoms with Gasteiger partial charge in [-0.1, -0.05) is 23.2 Å². The summed E-state index contributed by atoms with van der Waals surface area (Å²) in [5.74, 6) is -1.93. The van der Waals surface area contributed by atoms with Gasteiger partial charge in [-0.15, -0.1) is 11.8 Å². The van der Waals surface area contributed by atoms with Crippen LogP contribution in [0.5, 0.6) is 0 Å². The van der Waals surface area contributed by atoms with E-state index in [1.807, 2.05) is 0 Å². The number of hydrogen-bond donors (Lipinski definition) is 2.